The normalized spacial score (nSPS) is 39.0. The van der Waals surface area contributed by atoms with Crippen LogP contribution in [0.3, 0.4) is 0 Å². The average molecular weight is 213 g/mol. The van der Waals surface area contributed by atoms with Crippen LogP contribution in [0.25, 0.3) is 0 Å². The van der Waals surface area contributed by atoms with Gasteiger partial charge in [-0.1, -0.05) is 13.8 Å². The molecule has 0 aromatic heterocycles. The van der Waals surface area contributed by atoms with Gasteiger partial charge < -0.3 is 14.8 Å². The second-order valence-electron chi connectivity index (χ2n) is 5.36. The summed E-state index contributed by atoms with van der Waals surface area (Å²) in [4.78, 5) is 0. The minimum absolute atomic E-state index is 0.271. The van der Waals surface area contributed by atoms with E-state index in [4.69, 9.17) is 9.47 Å². The minimum Gasteiger partial charge on any atom is -0.376 e. The van der Waals surface area contributed by atoms with E-state index in [0.717, 1.165) is 19.6 Å². The topological polar surface area (TPSA) is 30.5 Å². The van der Waals surface area contributed by atoms with Crippen molar-refractivity contribution in [3.63, 3.8) is 0 Å². The van der Waals surface area contributed by atoms with E-state index in [0.29, 0.717) is 18.2 Å². The van der Waals surface area contributed by atoms with Gasteiger partial charge in [0.25, 0.3) is 0 Å². The smallest absolute Gasteiger partial charge is 0.0809 e. The van der Waals surface area contributed by atoms with Crippen molar-refractivity contribution in [3.05, 3.63) is 0 Å². The molecule has 0 spiro atoms. The van der Waals surface area contributed by atoms with Gasteiger partial charge >= 0.3 is 0 Å². The van der Waals surface area contributed by atoms with Crippen molar-refractivity contribution >= 4 is 0 Å². The van der Waals surface area contributed by atoms with Gasteiger partial charge in [-0.3, -0.25) is 0 Å². The van der Waals surface area contributed by atoms with E-state index in [1.807, 2.05) is 7.05 Å². The van der Waals surface area contributed by atoms with Crippen LogP contribution in [0.15, 0.2) is 0 Å². The Balaban J connectivity index is 1.72. The minimum atomic E-state index is 0.271. The van der Waals surface area contributed by atoms with Gasteiger partial charge in [0.15, 0.2) is 0 Å². The first-order chi connectivity index (χ1) is 7.14. The van der Waals surface area contributed by atoms with Crippen LogP contribution in [0.2, 0.25) is 0 Å². The number of nitrogens with one attached hydrogen (secondary N) is 1. The van der Waals surface area contributed by atoms with E-state index in [2.05, 4.69) is 19.2 Å². The van der Waals surface area contributed by atoms with E-state index in [1.54, 1.807) is 0 Å². The van der Waals surface area contributed by atoms with Crippen molar-refractivity contribution in [3.8, 4) is 0 Å². The highest BCUT2D eigenvalue weighted by molar-refractivity contribution is 5.02. The van der Waals surface area contributed by atoms with Crippen molar-refractivity contribution < 1.29 is 9.47 Å². The Morgan fingerprint density at radius 1 is 1.47 bits per heavy atom. The van der Waals surface area contributed by atoms with Gasteiger partial charge in [0.05, 0.1) is 18.8 Å². The van der Waals surface area contributed by atoms with Crippen LogP contribution in [0, 0.1) is 5.41 Å². The van der Waals surface area contributed by atoms with Crippen LogP contribution in [0.1, 0.15) is 33.1 Å². The van der Waals surface area contributed by atoms with E-state index in [9.17, 15) is 0 Å². The Bertz CT molecular complexity index is 212. The van der Waals surface area contributed by atoms with E-state index in [1.165, 1.54) is 12.8 Å². The molecule has 1 aliphatic heterocycles. The maximum atomic E-state index is 5.94. The SMILES string of the molecule is CNC1CC(OCC2CCCO2)C1(C)C. The first-order valence-electron chi connectivity index (χ1n) is 6.05. The van der Waals surface area contributed by atoms with E-state index < -0.39 is 0 Å². The Kier molecular flexibility index (Phi) is 3.33. The standard InChI is InChI=1S/C12H23NO2/c1-12(2)10(13-3)7-11(12)15-8-9-5-4-6-14-9/h9-11,13H,4-8H2,1-3H3. The molecule has 3 heteroatoms. The molecule has 1 saturated carbocycles. The largest absolute Gasteiger partial charge is 0.376 e. The first-order valence-corrected chi connectivity index (χ1v) is 6.05. The van der Waals surface area contributed by atoms with Gasteiger partial charge in [0.1, 0.15) is 0 Å². The molecule has 3 nitrogen and oxygen atoms in total. The summed E-state index contributed by atoms with van der Waals surface area (Å²) in [5, 5.41) is 3.34. The van der Waals surface area contributed by atoms with Gasteiger partial charge in [-0.15, -0.1) is 0 Å². The summed E-state index contributed by atoms with van der Waals surface area (Å²) in [6, 6.07) is 0.604. The quantitative estimate of drug-likeness (QED) is 0.769. The zero-order valence-corrected chi connectivity index (χ0v) is 10.1. The summed E-state index contributed by atoms with van der Waals surface area (Å²) >= 11 is 0. The molecule has 0 aromatic carbocycles. The molecule has 0 radical (unpaired) electrons. The number of ether oxygens (including phenoxy) is 2. The maximum Gasteiger partial charge on any atom is 0.0809 e. The van der Waals surface area contributed by atoms with Crippen LogP contribution in [0.5, 0.6) is 0 Å². The summed E-state index contributed by atoms with van der Waals surface area (Å²) in [7, 11) is 2.03. The molecule has 2 aliphatic rings. The van der Waals surface area contributed by atoms with Crippen LogP contribution >= 0.6 is 0 Å². The fraction of sp³-hybridized carbons (Fsp3) is 1.00. The molecule has 0 aromatic rings. The molecule has 2 rings (SSSR count). The molecular formula is C12H23NO2. The fourth-order valence-electron chi connectivity index (χ4n) is 2.66. The van der Waals surface area contributed by atoms with Crippen LogP contribution in [0.4, 0.5) is 0 Å². The molecule has 1 heterocycles. The third-order valence-electron chi connectivity index (χ3n) is 4.03. The molecule has 3 unspecified atom stereocenters. The molecule has 88 valence electrons. The van der Waals surface area contributed by atoms with Gasteiger partial charge in [-0.25, -0.2) is 0 Å². The van der Waals surface area contributed by atoms with Crippen LogP contribution < -0.4 is 5.32 Å². The summed E-state index contributed by atoms with van der Waals surface area (Å²) in [5.41, 5.74) is 0.271. The van der Waals surface area contributed by atoms with E-state index in [-0.39, 0.29) is 5.41 Å². The first kappa shape index (κ1) is 11.4. The molecular weight excluding hydrogens is 190 g/mol. The van der Waals surface area contributed by atoms with Crippen LogP contribution in [-0.2, 0) is 9.47 Å². The van der Waals surface area contributed by atoms with Crippen molar-refractivity contribution in [2.45, 2.75) is 51.4 Å². The van der Waals surface area contributed by atoms with Crippen molar-refractivity contribution in [2.24, 2.45) is 5.41 Å². The molecule has 0 amide bonds. The number of rotatable bonds is 4. The van der Waals surface area contributed by atoms with Crippen molar-refractivity contribution in [1.29, 1.82) is 0 Å². The lowest BCUT2D eigenvalue weighted by molar-refractivity contribution is -0.134. The summed E-state index contributed by atoms with van der Waals surface area (Å²) < 4.78 is 11.5. The monoisotopic (exact) mass is 213 g/mol. The fourth-order valence-corrected chi connectivity index (χ4v) is 2.66. The predicted molar refractivity (Wildman–Crippen MR) is 60.0 cm³/mol. The van der Waals surface area contributed by atoms with Crippen molar-refractivity contribution in [1.82, 2.24) is 5.32 Å². The Morgan fingerprint density at radius 3 is 2.80 bits per heavy atom. The molecule has 1 N–H and O–H groups in total. The molecule has 1 saturated heterocycles. The second kappa shape index (κ2) is 4.40. The zero-order chi connectivity index (χ0) is 10.9. The van der Waals surface area contributed by atoms with Gasteiger partial charge in [-0.05, 0) is 26.3 Å². The molecule has 2 fully saturated rings. The molecule has 3 atom stereocenters. The summed E-state index contributed by atoms with van der Waals surface area (Å²) in [5.74, 6) is 0. The summed E-state index contributed by atoms with van der Waals surface area (Å²) in [6.45, 7) is 6.25. The second-order valence-corrected chi connectivity index (χ2v) is 5.36. The molecule has 0 bridgehead atoms. The lowest BCUT2D eigenvalue weighted by atomic mass is 9.64. The van der Waals surface area contributed by atoms with Crippen LogP contribution in [-0.4, -0.2) is 38.5 Å². The molecule has 1 aliphatic carbocycles. The average Bonchev–Trinajstić information content (AvgIpc) is 2.69. The highest BCUT2D eigenvalue weighted by Crippen LogP contribution is 2.42. The third-order valence-corrected chi connectivity index (χ3v) is 4.03. The lowest BCUT2D eigenvalue weighted by Gasteiger charge is -2.51. The lowest BCUT2D eigenvalue weighted by Crippen LogP contribution is -2.60. The third kappa shape index (κ3) is 2.19. The Hall–Kier alpha value is -0.120. The summed E-state index contributed by atoms with van der Waals surface area (Å²) in [6.07, 6.45) is 4.26. The number of hydrogen-bond acceptors (Lipinski definition) is 3. The van der Waals surface area contributed by atoms with Gasteiger partial charge in [0.2, 0.25) is 0 Å². The molecule has 15 heavy (non-hydrogen) atoms. The van der Waals surface area contributed by atoms with Crippen molar-refractivity contribution in [2.75, 3.05) is 20.3 Å². The maximum absolute atomic E-state index is 5.94. The van der Waals surface area contributed by atoms with Gasteiger partial charge in [-0.2, -0.15) is 0 Å². The number of hydrogen-bond donors (Lipinski definition) is 1. The Labute approximate surface area is 92.5 Å². The highest BCUT2D eigenvalue weighted by Gasteiger charge is 2.48. The zero-order valence-electron chi connectivity index (χ0n) is 10.1. The van der Waals surface area contributed by atoms with E-state index >= 15 is 0 Å². The predicted octanol–water partition coefficient (Wildman–Crippen LogP) is 1.57. The Morgan fingerprint density at radius 2 is 2.27 bits per heavy atom. The highest BCUT2D eigenvalue weighted by atomic mass is 16.5. The van der Waals surface area contributed by atoms with Gasteiger partial charge in [0, 0.05) is 18.1 Å².